The van der Waals surface area contributed by atoms with Crippen LogP contribution in [0.5, 0.6) is 5.75 Å². The Morgan fingerprint density at radius 3 is 2.52 bits per heavy atom. The Balaban J connectivity index is 1.62. The van der Waals surface area contributed by atoms with Crippen molar-refractivity contribution in [1.82, 2.24) is 10.2 Å². The molecule has 1 aromatic heterocycles. The highest BCUT2D eigenvalue weighted by atomic mass is 32.2. The number of nitrogens with zero attached hydrogens (tertiary/aromatic N) is 2. The summed E-state index contributed by atoms with van der Waals surface area (Å²) in [5.41, 5.74) is 1.56. The lowest BCUT2D eigenvalue weighted by atomic mass is 10.2. The summed E-state index contributed by atoms with van der Waals surface area (Å²) >= 11 is 0. The zero-order valence-electron chi connectivity index (χ0n) is 16.2. The third kappa shape index (κ3) is 5.00. The molecule has 0 aliphatic rings. The van der Waals surface area contributed by atoms with Crippen molar-refractivity contribution in [2.75, 3.05) is 11.9 Å². The maximum atomic E-state index is 12.2. The molecule has 0 saturated heterocycles. The maximum Gasteiger partial charge on any atom is 0.322 e. The number of hydrogen-bond donors (Lipinski definition) is 1. The van der Waals surface area contributed by atoms with E-state index >= 15 is 0 Å². The molecule has 29 heavy (non-hydrogen) atoms. The van der Waals surface area contributed by atoms with Crippen LogP contribution in [0.4, 0.5) is 6.01 Å². The lowest BCUT2D eigenvalue weighted by Crippen LogP contribution is -2.20. The Morgan fingerprint density at radius 1 is 1.14 bits per heavy atom. The van der Waals surface area contributed by atoms with Gasteiger partial charge in [0.2, 0.25) is 5.89 Å². The lowest BCUT2D eigenvalue weighted by molar-refractivity contribution is -0.118. The van der Waals surface area contributed by atoms with Crippen molar-refractivity contribution in [2.24, 2.45) is 0 Å². The molecule has 0 unspecified atom stereocenters. The molecule has 9 heteroatoms. The van der Waals surface area contributed by atoms with Crippen LogP contribution in [-0.2, 0) is 14.6 Å². The minimum Gasteiger partial charge on any atom is -0.484 e. The summed E-state index contributed by atoms with van der Waals surface area (Å²) in [5, 5.41) is 9.61. The van der Waals surface area contributed by atoms with Gasteiger partial charge in [0.05, 0.1) is 10.1 Å². The largest absolute Gasteiger partial charge is 0.484 e. The molecule has 1 heterocycles. The third-order valence-corrected chi connectivity index (χ3v) is 6.25. The van der Waals surface area contributed by atoms with Crippen LogP contribution in [0, 0.1) is 6.92 Å². The fourth-order valence-electron chi connectivity index (χ4n) is 2.46. The first-order chi connectivity index (χ1) is 13.8. The van der Waals surface area contributed by atoms with Crippen LogP contribution in [0.1, 0.15) is 19.4 Å². The monoisotopic (exact) mass is 415 g/mol. The topological polar surface area (TPSA) is 111 Å². The summed E-state index contributed by atoms with van der Waals surface area (Å²) in [4.78, 5) is 12.2. The standard InChI is InChI=1S/C20H21N3O5S/c1-13(2)29(25,26)17-9-7-15(8-10-17)19-22-23-20(28-19)21-18(24)12-27-16-6-4-5-14(3)11-16/h4-11,13H,12H2,1-3H3,(H,21,23,24). The molecular weight excluding hydrogens is 394 g/mol. The Labute approximate surface area is 168 Å². The molecule has 0 bridgehead atoms. The van der Waals surface area contributed by atoms with Gasteiger partial charge in [-0.05, 0) is 62.7 Å². The predicted octanol–water partition coefficient (Wildman–Crippen LogP) is 3.24. The fraction of sp³-hybridized carbons (Fsp3) is 0.250. The van der Waals surface area contributed by atoms with Gasteiger partial charge in [0.15, 0.2) is 16.4 Å². The first kappa shape index (κ1) is 20.5. The second-order valence-corrected chi connectivity index (χ2v) is 9.19. The van der Waals surface area contributed by atoms with Crippen LogP contribution in [0.25, 0.3) is 11.5 Å². The molecule has 0 atom stereocenters. The number of aromatic nitrogens is 2. The van der Waals surface area contributed by atoms with E-state index in [-0.39, 0.29) is 23.4 Å². The van der Waals surface area contributed by atoms with Gasteiger partial charge in [-0.3, -0.25) is 10.1 Å². The van der Waals surface area contributed by atoms with Crippen LogP contribution in [-0.4, -0.2) is 36.4 Å². The van der Waals surface area contributed by atoms with Crippen molar-refractivity contribution < 1.29 is 22.4 Å². The molecule has 0 radical (unpaired) electrons. The number of aryl methyl sites for hydroxylation is 1. The summed E-state index contributed by atoms with van der Waals surface area (Å²) in [6.45, 7) is 4.97. The number of anilines is 1. The van der Waals surface area contributed by atoms with Crippen LogP contribution >= 0.6 is 0 Å². The van der Waals surface area contributed by atoms with Gasteiger partial charge in [0.1, 0.15) is 5.75 Å². The van der Waals surface area contributed by atoms with Gasteiger partial charge in [-0.15, -0.1) is 5.10 Å². The number of rotatable bonds is 7. The molecule has 0 aliphatic heterocycles. The summed E-state index contributed by atoms with van der Waals surface area (Å²) in [7, 11) is -3.36. The van der Waals surface area contributed by atoms with Crippen LogP contribution < -0.4 is 10.1 Å². The first-order valence-electron chi connectivity index (χ1n) is 8.93. The highest BCUT2D eigenvalue weighted by Gasteiger charge is 2.19. The summed E-state index contributed by atoms with van der Waals surface area (Å²) in [6.07, 6.45) is 0. The zero-order valence-corrected chi connectivity index (χ0v) is 17.1. The molecule has 3 aromatic rings. The Kier molecular flexibility index (Phi) is 5.97. The fourth-order valence-corrected chi connectivity index (χ4v) is 3.52. The second-order valence-electron chi connectivity index (χ2n) is 6.68. The highest BCUT2D eigenvalue weighted by molar-refractivity contribution is 7.92. The van der Waals surface area contributed by atoms with E-state index in [0.29, 0.717) is 11.3 Å². The number of nitrogens with one attached hydrogen (secondary N) is 1. The van der Waals surface area contributed by atoms with E-state index < -0.39 is 21.0 Å². The lowest BCUT2D eigenvalue weighted by Gasteiger charge is -2.07. The molecular formula is C20H21N3O5S. The Morgan fingerprint density at radius 2 is 1.86 bits per heavy atom. The van der Waals surface area contributed by atoms with Crippen molar-refractivity contribution in [3.05, 3.63) is 54.1 Å². The van der Waals surface area contributed by atoms with Gasteiger partial charge in [0.25, 0.3) is 5.91 Å². The zero-order chi connectivity index (χ0) is 21.0. The average molecular weight is 415 g/mol. The maximum absolute atomic E-state index is 12.2. The Bertz CT molecular complexity index is 1110. The second kappa shape index (κ2) is 8.44. The third-order valence-electron chi connectivity index (χ3n) is 4.08. The van der Waals surface area contributed by atoms with Gasteiger partial charge in [-0.2, -0.15) is 0 Å². The molecule has 2 aromatic carbocycles. The van der Waals surface area contributed by atoms with Crippen molar-refractivity contribution in [2.45, 2.75) is 30.9 Å². The SMILES string of the molecule is Cc1cccc(OCC(=O)Nc2nnc(-c3ccc(S(=O)(=O)C(C)C)cc3)o2)c1. The molecule has 1 amide bonds. The minimum atomic E-state index is -3.36. The van der Waals surface area contributed by atoms with Crippen molar-refractivity contribution >= 4 is 21.8 Å². The van der Waals surface area contributed by atoms with E-state index in [4.69, 9.17) is 9.15 Å². The van der Waals surface area contributed by atoms with Crippen LogP contribution in [0.2, 0.25) is 0 Å². The highest BCUT2D eigenvalue weighted by Crippen LogP contribution is 2.23. The van der Waals surface area contributed by atoms with E-state index in [0.717, 1.165) is 5.56 Å². The molecule has 0 fully saturated rings. The number of hydrogen-bond acceptors (Lipinski definition) is 7. The van der Waals surface area contributed by atoms with Crippen LogP contribution in [0.3, 0.4) is 0 Å². The van der Waals surface area contributed by atoms with Gasteiger partial charge < -0.3 is 9.15 Å². The summed E-state index contributed by atoms with van der Waals surface area (Å²) in [6, 6.07) is 13.4. The van der Waals surface area contributed by atoms with E-state index in [2.05, 4.69) is 15.5 Å². The number of sulfone groups is 1. The number of carbonyl (C=O) groups is 1. The van der Waals surface area contributed by atoms with Gasteiger partial charge in [0, 0.05) is 5.56 Å². The van der Waals surface area contributed by atoms with Crippen molar-refractivity contribution in [3.63, 3.8) is 0 Å². The van der Waals surface area contributed by atoms with Gasteiger partial charge in [-0.1, -0.05) is 17.2 Å². The number of ether oxygens (including phenoxy) is 1. The molecule has 152 valence electrons. The molecule has 0 saturated carbocycles. The molecule has 0 aliphatic carbocycles. The van der Waals surface area contributed by atoms with Crippen molar-refractivity contribution in [1.29, 1.82) is 0 Å². The van der Waals surface area contributed by atoms with Crippen LogP contribution in [0.15, 0.2) is 57.8 Å². The van der Waals surface area contributed by atoms with E-state index in [1.165, 1.54) is 12.1 Å². The molecule has 0 spiro atoms. The van der Waals surface area contributed by atoms with E-state index in [1.54, 1.807) is 32.0 Å². The molecule has 8 nitrogen and oxygen atoms in total. The van der Waals surface area contributed by atoms with Crippen molar-refractivity contribution in [3.8, 4) is 17.2 Å². The number of amides is 1. The quantitative estimate of drug-likeness (QED) is 0.630. The summed E-state index contributed by atoms with van der Waals surface area (Å²) in [5.74, 6) is 0.302. The van der Waals surface area contributed by atoms with E-state index in [9.17, 15) is 13.2 Å². The molecule has 1 N–H and O–H groups in total. The average Bonchev–Trinajstić information content (AvgIpc) is 3.15. The predicted molar refractivity (Wildman–Crippen MR) is 107 cm³/mol. The minimum absolute atomic E-state index is 0.0725. The van der Waals surface area contributed by atoms with E-state index in [1.807, 2.05) is 25.1 Å². The number of carbonyl (C=O) groups excluding carboxylic acids is 1. The number of benzene rings is 2. The molecule has 3 rings (SSSR count). The van der Waals surface area contributed by atoms with Gasteiger partial charge >= 0.3 is 6.01 Å². The Hall–Kier alpha value is -3.20. The smallest absolute Gasteiger partial charge is 0.322 e. The first-order valence-corrected chi connectivity index (χ1v) is 10.5. The van der Waals surface area contributed by atoms with Gasteiger partial charge in [-0.25, -0.2) is 8.42 Å². The summed E-state index contributed by atoms with van der Waals surface area (Å²) < 4.78 is 35.2. The normalized spacial score (nSPS) is 11.4.